The van der Waals surface area contributed by atoms with E-state index in [2.05, 4.69) is 0 Å². The van der Waals surface area contributed by atoms with Crippen LogP contribution in [0.3, 0.4) is 0 Å². The van der Waals surface area contributed by atoms with E-state index in [1.54, 1.807) is 6.07 Å². The first kappa shape index (κ1) is 13.4. The standard InChI is InChI=1S/C14H17F3O/c15-14(16,17)12-6-2-1-5-11(12)7-10-13(18)8-3-4-9-13/h1-2,5-6,18H,3-4,7-10H2. The SMILES string of the molecule is OC1(CCc2ccccc2C(F)(F)F)CCCC1. The number of benzene rings is 1. The monoisotopic (exact) mass is 258 g/mol. The molecule has 0 unspecified atom stereocenters. The van der Waals surface area contributed by atoms with Crippen LogP contribution in [0.25, 0.3) is 0 Å². The van der Waals surface area contributed by atoms with Gasteiger partial charge in [0, 0.05) is 0 Å². The summed E-state index contributed by atoms with van der Waals surface area (Å²) in [7, 11) is 0. The molecule has 0 heterocycles. The highest BCUT2D eigenvalue weighted by Gasteiger charge is 2.35. The summed E-state index contributed by atoms with van der Waals surface area (Å²) in [5.74, 6) is 0. The molecule has 1 fully saturated rings. The molecule has 1 N–H and O–H groups in total. The Morgan fingerprint density at radius 3 is 2.33 bits per heavy atom. The van der Waals surface area contributed by atoms with Gasteiger partial charge in [0.1, 0.15) is 0 Å². The fourth-order valence-corrected chi connectivity index (χ4v) is 2.67. The highest BCUT2D eigenvalue weighted by atomic mass is 19.4. The predicted octanol–water partition coefficient (Wildman–Crippen LogP) is 3.94. The average Bonchev–Trinajstić information content (AvgIpc) is 2.73. The molecule has 0 amide bonds. The third-order valence-electron chi connectivity index (χ3n) is 3.72. The Labute approximate surface area is 105 Å². The van der Waals surface area contributed by atoms with E-state index in [0.717, 1.165) is 18.9 Å². The fraction of sp³-hybridized carbons (Fsp3) is 0.571. The van der Waals surface area contributed by atoms with Crippen molar-refractivity contribution in [3.8, 4) is 0 Å². The van der Waals surface area contributed by atoms with E-state index < -0.39 is 17.3 Å². The number of rotatable bonds is 3. The number of hydrogen-bond donors (Lipinski definition) is 1. The summed E-state index contributed by atoms with van der Waals surface area (Å²) in [6.07, 6.45) is -0.252. The molecule has 1 nitrogen and oxygen atoms in total. The molecular weight excluding hydrogens is 241 g/mol. The maximum Gasteiger partial charge on any atom is 0.416 e. The molecule has 18 heavy (non-hydrogen) atoms. The third-order valence-corrected chi connectivity index (χ3v) is 3.72. The van der Waals surface area contributed by atoms with E-state index >= 15 is 0 Å². The lowest BCUT2D eigenvalue weighted by Gasteiger charge is -2.22. The second-order valence-electron chi connectivity index (χ2n) is 5.09. The van der Waals surface area contributed by atoms with Crippen molar-refractivity contribution in [2.45, 2.75) is 50.3 Å². The first-order valence-electron chi connectivity index (χ1n) is 6.28. The van der Waals surface area contributed by atoms with Crippen molar-refractivity contribution < 1.29 is 18.3 Å². The minimum absolute atomic E-state index is 0.283. The lowest BCUT2D eigenvalue weighted by molar-refractivity contribution is -0.138. The summed E-state index contributed by atoms with van der Waals surface area (Å²) in [5, 5.41) is 10.2. The lowest BCUT2D eigenvalue weighted by atomic mass is 9.91. The molecule has 1 aliphatic carbocycles. The second-order valence-corrected chi connectivity index (χ2v) is 5.09. The van der Waals surface area contributed by atoms with Crippen LogP contribution in [-0.4, -0.2) is 10.7 Å². The van der Waals surface area contributed by atoms with Gasteiger partial charge in [0.15, 0.2) is 0 Å². The van der Waals surface area contributed by atoms with Gasteiger partial charge in [-0.15, -0.1) is 0 Å². The van der Waals surface area contributed by atoms with Crippen molar-refractivity contribution in [1.29, 1.82) is 0 Å². The molecule has 0 aliphatic heterocycles. The molecule has 100 valence electrons. The van der Waals surface area contributed by atoms with Crippen LogP contribution in [0, 0.1) is 0 Å². The number of halogens is 3. The van der Waals surface area contributed by atoms with E-state index in [9.17, 15) is 18.3 Å². The van der Waals surface area contributed by atoms with Crippen molar-refractivity contribution in [1.82, 2.24) is 0 Å². The summed E-state index contributed by atoms with van der Waals surface area (Å²) in [5.41, 5.74) is -1.05. The van der Waals surface area contributed by atoms with Gasteiger partial charge in [-0.3, -0.25) is 0 Å². The minimum atomic E-state index is -4.31. The zero-order chi connectivity index (χ0) is 13.2. The van der Waals surface area contributed by atoms with Crippen LogP contribution in [0.2, 0.25) is 0 Å². The number of aliphatic hydroxyl groups is 1. The Hall–Kier alpha value is -1.03. The van der Waals surface area contributed by atoms with Crippen LogP contribution < -0.4 is 0 Å². The quantitative estimate of drug-likeness (QED) is 0.870. The first-order chi connectivity index (χ1) is 8.41. The first-order valence-corrected chi connectivity index (χ1v) is 6.28. The van der Waals surface area contributed by atoms with Gasteiger partial charge in [-0.25, -0.2) is 0 Å². The molecule has 1 aliphatic rings. The third kappa shape index (κ3) is 3.05. The number of hydrogen-bond acceptors (Lipinski definition) is 1. The smallest absolute Gasteiger partial charge is 0.390 e. The molecule has 1 aromatic rings. The lowest BCUT2D eigenvalue weighted by Crippen LogP contribution is -2.25. The molecule has 0 bridgehead atoms. The summed E-state index contributed by atoms with van der Waals surface area (Å²) in [6.45, 7) is 0. The minimum Gasteiger partial charge on any atom is -0.390 e. The van der Waals surface area contributed by atoms with Crippen LogP contribution in [0.15, 0.2) is 24.3 Å². The highest BCUT2D eigenvalue weighted by molar-refractivity contribution is 5.29. The van der Waals surface area contributed by atoms with Crippen LogP contribution in [0.1, 0.15) is 43.2 Å². The topological polar surface area (TPSA) is 20.2 Å². The van der Waals surface area contributed by atoms with E-state index in [4.69, 9.17) is 0 Å². The number of aryl methyl sites for hydroxylation is 1. The van der Waals surface area contributed by atoms with Gasteiger partial charge in [-0.1, -0.05) is 31.0 Å². The van der Waals surface area contributed by atoms with Gasteiger partial charge in [-0.05, 0) is 37.3 Å². The molecule has 0 spiro atoms. The maximum atomic E-state index is 12.8. The Bertz CT molecular complexity index is 406. The van der Waals surface area contributed by atoms with Gasteiger partial charge >= 0.3 is 6.18 Å². The Balaban J connectivity index is 2.10. The summed E-state index contributed by atoms with van der Waals surface area (Å²) < 4.78 is 38.3. The van der Waals surface area contributed by atoms with Gasteiger partial charge in [0.05, 0.1) is 11.2 Å². The van der Waals surface area contributed by atoms with E-state index in [1.807, 2.05) is 0 Å². The van der Waals surface area contributed by atoms with Crippen molar-refractivity contribution in [2.24, 2.45) is 0 Å². The fourth-order valence-electron chi connectivity index (χ4n) is 2.67. The average molecular weight is 258 g/mol. The molecule has 0 radical (unpaired) electrons. The van der Waals surface area contributed by atoms with Gasteiger partial charge in [-0.2, -0.15) is 13.2 Å². The van der Waals surface area contributed by atoms with Crippen LogP contribution in [0.4, 0.5) is 13.2 Å². The summed E-state index contributed by atoms with van der Waals surface area (Å²) >= 11 is 0. The van der Waals surface area contributed by atoms with Gasteiger partial charge < -0.3 is 5.11 Å². The van der Waals surface area contributed by atoms with E-state index in [0.29, 0.717) is 19.3 Å². The Morgan fingerprint density at radius 1 is 1.11 bits per heavy atom. The van der Waals surface area contributed by atoms with E-state index in [1.165, 1.54) is 12.1 Å². The van der Waals surface area contributed by atoms with Gasteiger partial charge in [0.2, 0.25) is 0 Å². The summed E-state index contributed by atoms with van der Waals surface area (Å²) in [6, 6.07) is 5.62. The molecule has 0 atom stereocenters. The molecule has 0 saturated heterocycles. The molecule has 0 aromatic heterocycles. The summed E-state index contributed by atoms with van der Waals surface area (Å²) in [4.78, 5) is 0. The Kier molecular flexibility index (Phi) is 3.66. The van der Waals surface area contributed by atoms with Crippen LogP contribution in [-0.2, 0) is 12.6 Å². The Morgan fingerprint density at radius 2 is 1.72 bits per heavy atom. The van der Waals surface area contributed by atoms with Crippen LogP contribution in [0.5, 0.6) is 0 Å². The molecule has 1 aromatic carbocycles. The predicted molar refractivity (Wildman–Crippen MR) is 63.2 cm³/mol. The zero-order valence-electron chi connectivity index (χ0n) is 10.1. The molecule has 4 heteroatoms. The molecular formula is C14H17F3O. The zero-order valence-corrected chi connectivity index (χ0v) is 10.1. The van der Waals surface area contributed by atoms with Crippen molar-refractivity contribution in [3.63, 3.8) is 0 Å². The van der Waals surface area contributed by atoms with E-state index in [-0.39, 0.29) is 12.0 Å². The maximum absolute atomic E-state index is 12.8. The second kappa shape index (κ2) is 4.92. The molecule has 1 saturated carbocycles. The normalized spacial score (nSPS) is 19.1. The largest absolute Gasteiger partial charge is 0.416 e. The molecule has 2 rings (SSSR count). The van der Waals surface area contributed by atoms with Crippen LogP contribution >= 0.6 is 0 Å². The van der Waals surface area contributed by atoms with Crippen molar-refractivity contribution >= 4 is 0 Å². The van der Waals surface area contributed by atoms with Crippen molar-refractivity contribution in [2.75, 3.05) is 0 Å². The highest BCUT2D eigenvalue weighted by Crippen LogP contribution is 2.36. The number of alkyl halides is 3. The van der Waals surface area contributed by atoms with Gasteiger partial charge in [0.25, 0.3) is 0 Å². The van der Waals surface area contributed by atoms with Crippen molar-refractivity contribution in [3.05, 3.63) is 35.4 Å².